The number of aliphatic carboxylic acids is 1. The van der Waals surface area contributed by atoms with Crippen molar-refractivity contribution in [3.05, 3.63) is 40.8 Å². The number of carboxylic acid groups (broad SMARTS) is 1. The van der Waals surface area contributed by atoms with Crippen molar-refractivity contribution in [1.29, 1.82) is 0 Å². The van der Waals surface area contributed by atoms with Crippen molar-refractivity contribution in [3.63, 3.8) is 0 Å². The number of nitrogens with zero attached hydrogens (tertiary/aromatic N) is 4. The van der Waals surface area contributed by atoms with E-state index < -0.39 is 17.6 Å². The third-order valence-corrected chi connectivity index (χ3v) is 7.84. The number of amides is 2. The van der Waals surface area contributed by atoms with Gasteiger partial charge in [0, 0.05) is 51.0 Å². The molecule has 1 saturated carbocycles. The quantitative estimate of drug-likeness (QED) is 0.600. The number of carbonyl (C=O) groups is 3. The second-order valence-electron chi connectivity index (χ2n) is 9.57. The maximum Gasteiger partial charge on any atom is 0.490 e. The largest absolute Gasteiger partial charge is 0.490 e. The van der Waals surface area contributed by atoms with E-state index >= 15 is 0 Å². The first-order chi connectivity index (χ1) is 17.6. The number of hydrogen-bond donors (Lipinski definition) is 2. The molecule has 2 N–H and O–H groups in total. The number of thiophene rings is 1. The molecule has 4 heterocycles. The Morgan fingerprint density at radius 1 is 1.16 bits per heavy atom. The van der Waals surface area contributed by atoms with Gasteiger partial charge in [0.05, 0.1) is 10.3 Å². The third-order valence-electron chi connectivity index (χ3n) is 6.98. The van der Waals surface area contributed by atoms with Crippen molar-refractivity contribution < 1.29 is 32.7 Å². The Balaban J connectivity index is 0.000000405. The Morgan fingerprint density at radius 2 is 1.86 bits per heavy atom. The van der Waals surface area contributed by atoms with Crippen molar-refractivity contribution in [2.45, 2.75) is 31.9 Å². The zero-order valence-corrected chi connectivity index (χ0v) is 20.8. The molecule has 2 aliphatic heterocycles. The predicted octanol–water partition coefficient (Wildman–Crippen LogP) is 3.06. The molecule has 1 aliphatic carbocycles. The van der Waals surface area contributed by atoms with E-state index in [0.29, 0.717) is 38.0 Å². The molecule has 5 rings (SSSR count). The molecule has 0 radical (unpaired) electrons. The molecule has 37 heavy (non-hydrogen) atoms. The number of carbonyl (C=O) groups excluding carboxylic acids is 2. The Hall–Kier alpha value is -3.22. The molecule has 2 amide bonds. The lowest BCUT2D eigenvalue weighted by Gasteiger charge is -2.32. The van der Waals surface area contributed by atoms with E-state index in [0.717, 1.165) is 24.3 Å². The molecule has 200 valence electrons. The fourth-order valence-electron chi connectivity index (χ4n) is 4.89. The summed E-state index contributed by atoms with van der Waals surface area (Å²) < 4.78 is 31.7. The van der Waals surface area contributed by atoms with Crippen LogP contribution in [0.3, 0.4) is 0 Å². The van der Waals surface area contributed by atoms with Crippen LogP contribution in [0.5, 0.6) is 0 Å². The molecule has 0 spiro atoms. The average Bonchev–Trinajstić information content (AvgIpc) is 3.46. The van der Waals surface area contributed by atoms with E-state index in [1.54, 1.807) is 18.5 Å². The van der Waals surface area contributed by atoms with Crippen LogP contribution in [-0.4, -0.2) is 76.7 Å². The maximum absolute atomic E-state index is 13.5. The van der Waals surface area contributed by atoms with E-state index in [1.165, 1.54) is 24.2 Å². The number of hydrogen-bond acceptors (Lipinski definition) is 7. The number of nitrogens with one attached hydrogen (secondary N) is 1. The fourth-order valence-corrected chi connectivity index (χ4v) is 5.58. The van der Waals surface area contributed by atoms with Gasteiger partial charge in [0.15, 0.2) is 0 Å². The minimum atomic E-state index is -5.08. The highest BCUT2D eigenvalue weighted by Gasteiger charge is 2.54. The van der Waals surface area contributed by atoms with Gasteiger partial charge in [-0.3, -0.25) is 9.59 Å². The first kappa shape index (κ1) is 26.8. The van der Waals surface area contributed by atoms with E-state index in [9.17, 15) is 22.8 Å². The number of fused-ring (bicyclic) bond motifs is 1. The fraction of sp³-hybridized carbons (Fsp3) is 0.542. The number of aromatic nitrogens is 2. The molecule has 0 bridgehead atoms. The SMILES string of the molecule is O=C(O)C(F)(F)F.O=C(c1cccs1)N1CCC[C@]2(C(=O)NCC3CC3)CN(c3ncccn3)C[C@@H]2C1. The van der Waals surface area contributed by atoms with Crippen LogP contribution in [0.25, 0.3) is 0 Å². The van der Waals surface area contributed by atoms with Crippen molar-refractivity contribution in [2.24, 2.45) is 17.3 Å². The van der Waals surface area contributed by atoms with Crippen LogP contribution in [-0.2, 0) is 9.59 Å². The van der Waals surface area contributed by atoms with Crippen LogP contribution < -0.4 is 10.2 Å². The highest BCUT2D eigenvalue weighted by Crippen LogP contribution is 2.44. The minimum Gasteiger partial charge on any atom is -0.475 e. The average molecular weight is 540 g/mol. The summed E-state index contributed by atoms with van der Waals surface area (Å²) in [6.07, 6.45) is 2.43. The Labute approximate surface area is 215 Å². The van der Waals surface area contributed by atoms with Gasteiger partial charge in [-0.15, -0.1) is 11.3 Å². The summed E-state index contributed by atoms with van der Waals surface area (Å²) in [5.74, 6) is -1.17. The van der Waals surface area contributed by atoms with Crippen LogP contribution in [0.4, 0.5) is 19.1 Å². The molecule has 0 aromatic carbocycles. The van der Waals surface area contributed by atoms with E-state index in [1.807, 2.05) is 22.4 Å². The topological polar surface area (TPSA) is 116 Å². The molecule has 2 saturated heterocycles. The molecule has 2 aromatic rings. The standard InChI is InChI=1S/C22H27N5O2S.C2HF3O2/c28-19(18-4-1-11-30-18)26-10-2-7-22(20(29)25-12-16-5-6-16)15-27(14-17(22)13-26)21-23-8-3-9-24-21;3-2(4,5)1(6)7/h1,3-4,8-9,11,16-17H,2,5-7,10,12-15H2,(H,25,29);(H,6,7)/t17-,22-;/m0./s1. The number of likely N-dealkylation sites (tertiary alicyclic amines) is 1. The summed E-state index contributed by atoms with van der Waals surface area (Å²) in [4.78, 5) is 49.1. The van der Waals surface area contributed by atoms with Crippen LogP contribution in [0.2, 0.25) is 0 Å². The van der Waals surface area contributed by atoms with E-state index in [-0.39, 0.29) is 17.7 Å². The summed E-state index contributed by atoms with van der Waals surface area (Å²) in [6, 6.07) is 5.60. The lowest BCUT2D eigenvalue weighted by molar-refractivity contribution is -0.192. The molecule has 0 unspecified atom stereocenters. The molecule has 2 atom stereocenters. The van der Waals surface area contributed by atoms with Crippen LogP contribution in [0, 0.1) is 17.3 Å². The van der Waals surface area contributed by atoms with Gasteiger partial charge >= 0.3 is 12.1 Å². The molecule has 3 fully saturated rings. The molecule has 2 aromatic heterocycles. The van der Waals surface area contributed by atoms with Gasteiger partial charge in [-0.25, -0.2) is 14.8 Å². The monoisotopic (exact) mass is 539 g/mol. The number of rotatable bonds is 5. The number of anilines is 1. The van der Waals surface area contributed by atoms with Crippen molar-refractivity contribution >= 4 is 35.1 Å². The van der Waals surface area contributed by atoms with Gasteiger partial charge in [-0.2, -0.15) is 13.2 Å². The second-order valence-corrected chi connectivity index (χ2v) is 10.5. The number of alkyl halides is 3. The summed E-state index contributed by atoms with van der Waals surface area (Å²) in [6.45, 7) is 3.37. The number of halogens is 3. The van der Waals surface area contributed by atoms with Crippen LogP contribution >= 0.6 is 11.3 Å². The Bertz CT molecular complexity index is 1100. The molecule has 3 aliphatic rings. The molecular weight excluding hydrogens is 511 g/mol. The van der Waals surface area contributed by atoms with Crippen molar-refractivity contribution in [3.8, 4) is 0 Å². The van der Waals surface area contributed by atoms with E-state index in [2.05, 4.69) is 20.2 Å². The van der Waals surface area contributed by atoms with Crippen LogP contribution in [0.1, 0.15) is 35.4 Å². The van der Waals surface area contributed by atoms with Gasteiger partial charge < -0.3 is 20.2 Å². The smallest absolute Gasteiger partial charge is 0.475 e. The third kappa shape index (κ3) is 6.38. The lowest BCUT2D eigenvalue weighted by Crippen LogP contribution is -2.48. The van der Waals surface area contributed by atoms with Crippen molar-refractivity contribution in [2.75, 3.05) is 37.6 Å². The zero-order chi connectivity index (χ0) is 26.6. The van der Waals surface area contributed by atoms with Gasteiger partial charge in [0.2, 0.25) is 11.9 Å². The normalized spacial score (nSPS) is 23.4. The zero-order valence-electron chi connectivity index (χ0n) is 20.0. The van der Waals surface area contributed by atoms with Gasteiger partial charge in [0.25, 0.3) is 5.91 Å². The molecular formula is C24H28F3N5O4S. The lowest BCUT2D eigenvalue weighted by atomic mass is 9.74. The highest BCUT2D eigenvalue weighted by atomic mass is 32.1. The van der Waals surface area contributed by atoms with Crippen LogP contribution in [0.15, 0.2) is 36.0 Å². The molecule has 13 heteroatoms. The maximum atomic E-state index is 13.5. The Kier molecular flexibility index (Phi) is 8.00. The first-order valence-corrected chi connectivity index (χ1v) is 12.9. The van der Waals surface area contributed by atoms with Crippen molar-refractivity contribution in [1.82, 2.24) is 20.2 Å². The van der Waals surface area contributed by atoms with Gasteiger partial charge in [0.1, 0.15) is 0 Å². The van der Waals surface area contributed by atoms with E-state index in [4.69, 9.17) is 9.90 Å². The van der Waals surface area contributed by atoms with Gasteiger partial charge in [-0.1, -0.05) is 6.07 Å². The van der Waals surface area contributed by atoms with Gasteiger partial charge in [-0.05, 0) is 49.1 Å². The second kappa shape index (κ2) is 11.0. The highest BCUT2D eigenvalue weighted by molar-refractivity contribution is 7.12. The number of carboxylic acids is 1. The summed E-state index contributed by atoms with van der Waals surface area (Å²) >= 11 is 1.48. The first-order valence-electron chi connectivity index (χ1n) is 12.0. The summed E-state index contributed by atoms with van der Waals surface area (Å²) in [7, 11) is 0. The minimum absolute atomic E-state index is 0.0620. The summed E-state index contributed by atoms with van der Waals surface area (Å²) in [5.41, 5.74) is -0.501. The summed E-state index contributed by atoms with van der Waals surface area (Å²) in [5, 5.41) is 12.3. The Morgan fingerprint density at radius 3 is 2.46 bits per heavy atom. The molecule has 9 nitrogen and oxygen atoms in total. The predicted molar refractivity (Wildman–Crippen MR) is 129 cm³/mol.